The maximum Gasteiger partial charge on any atom is 0.131 e. The third-order valence-electron chi connectivity index (χ3n) is 1.01. The highest BCUT2D eigenvalue weighted by molar-refractivity contribution is 7.79. The van der Waals surface area contributed by atoms with Crippen LogP contribution in [0.15, 0.2) is 12.1 Å². The summed E-state index contributed by atoms with van der Waals surface area (Å²) in [5.74, 6) is 0.627. The van der Waals surface area contributed by atoms with Crippen LogP contribution in [0.2, 0.25) is 10.3 Å². The van der Waals surface area contributed by atoms with Crippen molar-refractivity contribution in [2.45, 2.75) is 5.75 Å². The fourth-order valence-electron chi connectivity index (χ4n) is 0.606. The topological polar surface area (TPSA) is 12.9 Å². The highest BCUT2D eigenvalue weighted by atomic mass is 35.5. The highest BCUT2D eigenvalue weighted by Gasteiger charge is 1.95. The van der Waals surface area contributed by atoms with Crippen LogP contribution in [0, 0.1) is 0 Å². The first kappa shape index (κ1) is 8.18. The number of hydrogen-bond donors (Lipinski definition) is 1. The Kier molecular flexibility index (Phi) is 2.83. The lowest BCUT2D eigenvalue weighted by molar-refractivity contribution is 1.27. The second kappa shape index (κ2) is 3.46. The van der Waals surface area contributed by atoms with Gasteiger partial charge >= 0.3 is 0 Å². The van der Waals surface area contributed by atoms with Gasteiger partial charge in [-0.3, -0.25) is 0 Å². The van der Waals surface area contributed by atoms with E-state index in [9.17, 15) is 0 Å². The monoisotopic (exact) mass is 193 g/mol. The number of halogens is 2. The Morgan fingerprint density at radius 3 is 2.20 bits per heavy atom. The molecule has 0 aliphatic carbocycles. The Hall–Kier alpha value is 0.0800. The molecule has 1 nitrogen and oxygen atoms in total. The number of nitrogens with zero attached hydrogens (tertiary/aromatic N) is 1. The van der Waals surface area contributed by atoms with Gasteiger partial charge in [0.15, 0.2) is 0 Å². The first-order chi connectivity index (χ1) is 4.72. The minimum atomic E-state index is 0.413. The lowest BCUT2D eigenvalue weighted by Crippen LogP contribution is -1.81. The average Bonchev–Trinajstić information content (AvgIpc) is 1.85. The molecule has 1 heterocycles. The molecule has 0 aliphatic heterocycles. The molecular weight excluding hydrogens is 189 g/mol. The molecule has 0 unspecified atom stereocenters. The molecule has 0 N–H and O–H groups in total. The van der Waals surface area contributed by atoms with E-state index in [4.69, 9.17) is 23.2 Å². The third-order valence-corrected chi connectivity index (χ3v) is 1.76. The summed E-state index contributed by atoms with van der Waals surface area (Å²) in [5.41, 5.74) is 0.980. The van der Waals surface area contributed by atoms with Crippen LogP contribution in [0.25, 0.3) is 0 Å². The second-order valence-corrected chi connectivity index (χ2v) is 2.87. The normalized spacial score (nSPS) is 9.90. The fraction of sp³-hybridized carbons (Fsp3) is 0.167. The van der Waals surface area contributed by atoms with Crippen molar-refractivity contribution in [1.29, 1.82) is 0 Å². The predicted molar refractivity (Wildman–Crippen MR) is 46.9 cm³/mol. The van der Waals surface area contributed by atoms with Crippen LogP contribution in [-0.2, 0) is 5.75 Å². The van der Waals surface area contributed by atoms with Crippen LogP contribution >= 0.6 is 35.8 Å². The van der Waals surface area contributed by atoms with E-state index in [-0.39, 0.29) is 0 Å². The number of hydrogen-bond acceptors (Lipinski definition) is 2. The molecule has 10 heavy (non-hydrogen) atoms. The summed E-state index contributed by atoms with van der Waals surface area (Å²) >= 11 is 15.3. The van der Waals surface area contributed by atoms with Crippen LogP contribution in [0.4, 0.5) is 0 Å². The number of pyridine rings is 1. The minimum Gasteiger partial charge on any atom is -0.224 e. The van der Waals surface area contributed by atoms with Crippen LogP contribution in [0.3, 0.4) is 0 Å². The number of thiol groups is 1. The van der Waals surface area contributed by atoms with Gasteiger partial charge in [-0.2, -0.15) is 12.6 Å². The molecule has 0 amide bonds. The average molecular weight is 194 g/mol. The van der Waals surface area contributed by atoms with Crippen molar-refractivity contribution in [3.8, 4) is 0 Å². The van der Waals surface area contributed by atoms with Gasteiger partial charge < -0.3 is 0 Å². The van der Waals surface area contributed by atoms with Crippen molar-refractivity contribution in [3.63, 3.8) is 0 Å². The van der Waals surface area contributed by atoms with Gasteiger partial charge in [0.2, 0.25) is 0 Å². The molecule has 0 spiro atoms. The Balaban J connectivity index is 3.06. The lowest BCUT2D eigenvalue weighted by atomic mass is 10.3. The number of aromatic nitrogens is 1. The van der Waals surface area contributed by atoms with Gasteiger partial charge in [-0.1, -0.05) is 23.2 Å². The molecule has 54 valence electrons. The molecule has 0 aromatic carbocycles. The predicted octanol–water partition coefficient (Wildman–Crippen LogP) is 2.82. The van der Waals surface area contributed by atoms with E-state index in [1.807, 2.05) is 0 Å². The zero-order valence-corrected chi connectivity index (χ0v) is 7.42. The summed E-state index contributed by atoms with van der Waals surface area (Å²) in [4.78, 5) is 3.78. The van der Waals surface area contributed by atoms with Gasteiger partial charge in [0.05, 0.1) is 0 Å². The largest absolute Gasteiger partial charge is 0.224 e. The summed E-state index contributed by atoms with van der Waals surface area (Å²) in [5, 5.41) is 0.827. The molecule has 1 aromatic heterocycles. The smallest absolute Gasteiger partial charge is 0.131 e. The van der Waals surface area contributed by atoms with Gasteiger partial charge in [-0.15, -0.1) is 0 Å². The van der Waals surface area contributed by atoms with E-state index >= 15 is 0 Å². The SMILES string of the molecule is SCc1cc(Cl)nc(Cl)c1. The first-order valence-electron chi connectivity index (χ1n) is 2.65. The van der Waals surface area contributed by atoms with Crippen molar-refractivity contribution in [2.24, 2.45) is 0 Å². The van der Waals surface area contributed by atoms with Gasteiger partial charge in [0, 0.05) is 5.75 Å². The molecular formula is C6H5Cl2NS. The fourth-order valence-corrected chi connectivity index (χ4v) is 1.29. The van der Waals surface area contributed by atoms with Crippen molar-refractivity contribution in [1.82, 2.24) is 4.98 Å². The summed E-state index contributed by atoms with van der Waals surface area (Å²) in [6.45, 7) is 0. The van der Waals surface area contributed by atoms with Crippen molar-refractivity contribution in [3.05, 3.63) is 28.0 Å². The molecule has 0 saturated carbocycles. The van der Waals surface area contributed by atoms with E-state index in [0.29, 0.717) is 16.1 Å². The lowest BCUT2D eigenvalue weighted by Gasteiger charge is -1.96. The summed E-state index contributed by atoms with van der Waals surface area (Å²) in [6, 6.07) is 3.47. The third kappa shape index (κ3) is 2.04. The zero-order valence-electron chi connectivity index (χ0n) is 5.01. The minimum absolute atomic E-state index is 0.413. The maximum atomic E-state index is 5.60. The van der Waals surface area contributed by atoms with Gasteiger partial charge in [0.1, 0.15) is 10.3 Å². The summed E-state index contributed by atoms with van der Waals surface area (Å²) in [7, 11) is 0. The standard InChI is InChI=1S/C6H5Cl2NS/c7-5-1-4(3-10)2-6(8)9-5/h1-2,10H,3H2. The van der Waals surface area contributed by atoms with Gasteiger partial charge in [0.25, 0.3) is 0 Å². The molecule has 0 aliphatic rings. The van der Waals surface area contributed by atoms with Crippen molar-refractivity contribution < 1.29 is 0 Å². The number of rotatable bonds is 1. The Labute approximate surface area is 74.8 Å². The molecule has 0 radical (unpaired) electrons. The van der Waals surface area contributed by atoms with Crippen LogP contribution in [-0.4, -0.2) is 4.98 Å². The molecule has 4 heteroatoms. The molecule has 1 rings (SSSR count). The first-order valence-corrected chi connectivity index (χ1v) is 4.04. The van der Waals surface area contributed by atoms with Crippen LogP contribution in [0.1, 0.15) is 5.56 Å². The summed E-state index contributed by atoms with van der Waals surface area (Å²) < 4.78 is 0. The molecule has 0 fully saturated rings. The van der Waals surface area contributed by atoms with E-state index in [1.54, 1.807) is 12.1 Å². The zero-order chi connectivity index (χ0) is 7.56. The molecule has 0 saturated heterocycles. The summed E-state index contributed by atoms with van der Waals surface area (Å²) in [6.07, 6.45) is 0. The Bertz CT molecular complexity index is 219. The van der Waals surface area contributed by atoms with E-state index < -0.39 is 0 Å². The maximum absolute atomic E-state index is 5.60. The van der Waals surface area contributed by atoms with Crippen LogP contribution < -0.4 is 0 Å². The Morgan fingerprint density at radius 2 is 1.80 bits per heavy atom. The van der Waals surface area contributed by atoms with Gasteiger partial charge in [-0.05, 0) is 17.7 Å². The molecule has 1 aromatic rings. The van der Waals surface area contributed by atoms with Crippen molar-refractivity contribution >= 4 is 35.8 Å². The van der Waals surface area contributed by atoms with E-state index in [2.05, 4.69) is 17.6 Å². The van der Waals surface area contributed by atoms with Crippen LogP contribution in [0.5, 0.6) is 0 Å². The van der Waals surface area contributed by atoms with E-state index in [0.717, 1.165) is 5.56 Å². The quantitative estimate of drug-likeness (QED) is 0.535. The Morgan fingerprint density at radius 1 is 1.30 bits per heavy atom. The van der Waals surface area contributed by atoms with Gasteiger partial charge in [-0.25, -0.2) is 4.98 Å². The molecule has 0 bridgehead atoms. The van der Waals surface area contributed by atoms with Crippen molar-refractivity contribution in [2.75, 3.05) is 0 Å². The highest BCUT2D eigenvalue weighted by Crippen LogP contribution is 2.15. The second-order valence-electron chi connectivity index (χ2n) is 1.78. The molecule has 0 atom stereocenters. The van der Waals surface area contributed by atoms with E-state index in [1.165, 1.54) is 0 Å².